The Labute approximate surface area is 80.8 Å². The first kappa shape index (κ1) is 13.2. The highest BCUT2D eigenvalue weighted by Gasteiger charge is 2.39. The number of alkyl halides is 3. The summed E-state index contributed by atoms with van der Waals surface area (Å²) in [5.74, 6) is -1.94. The van der Waals surface area contributed by atoms with Gasteiger partial charge in [0.1, 0.15) is 0 Å². The minimum absolute atomic E-state index is 0.322. The largest absolute Gasteiger partial charge is 0.405 e. The van der Waals surface area contributed by atoms with Crippen LogP contribution in [0.3, 0.4) is 0 Å². The number of nitrogens with one attached hydrogen (secondary N) is 1. The van der Waals surface area contributed by atoms with Gasteiger partial charge in [-0.2, -0.15) is 18.4 Å². The van der Waals surface area contributed by atoms with E-state index in [2.05, 4.69) is 5.32 Å². The molecule has 0 rings (SSSR count). The molecule has 3 nitrogen and oxygen atoms in total. The fraction of sp³-hybridized carbons (Fsp3) is 0.875. The molecular weight excluding hydrogens is 197 g/mol. The van der Waals surface area contributed by atoms with E-state index in [-0.39, 0.29) is 6.54 Å². The van der Waals surface area contributed by atoms with Crippen molar-refractivity contribution in [2.75, 3.05) is 26.3 Å². The van der Waals surface area contributed by atoms with E-state index in [0.29, 0.717) is 19.8 Å². The van der Waals surface area contributed by atoms with Crippen LogP contribution in [0, 0.1) is 17.2 Å². The van der Waals surface area contributed by atoms with E-state index in [1.54, 1.807) is 6.92 Å². The number of ether oxygens (including phenoxy) is 1. The first-order valence-corrected chi connectivity index (χ1v) is 4.27. The molecule has 0 saturated carbocycles. The molecule has 0 radical (unpaired) electrons. The average molecular weight is 210 g/mol. The molecule has 0 bridgehead atoms. The lowest BCUT2D eigenvalue weighted by Crippen LogP contribution is -2.34. The smallest absolute Gasteiger partial charge is 0.380 e. The maximum absolute atomic E-state index is 12.0. The third kappa shape index (κ3) is 5.78. The molecule has 0 aliphatic rings. The highest BCUT2D eigenvalue weighted by Crippen LogP contribution is 2.24. The first-order valence-electron chi connectivity index (χ1n) is 4.27. The minimum atomic E-state index is -4.45. The number of halogens is 3. The van der Waals surface area contributed by atoms with E-state index in [9.17, 15) is 13.2 Å². The Kier molecular flexibility index (Phi) is 6.25. The molecule has 1 atom stereocenters. The van der Waals surface area contributed by atoms with Gasteiger partial charge in [0, 0.05) is 19.7 Å². The number of hydrogen-bond donors (Lipinski definition) is 1. The van der Waals surface area contributed by atoms with Gasteiger partial charge >= 0.3 is 6.18 Å². The van der Waals surface area contributed by atoms with Crippen molar-refractivity contribution in [3.8, 4) is 6.07 Å². The highest BCUT2D eigenvalue weighted by atomic mass is 19.4. The van der Waals surface area contributed by atoms with Gasteiger partial charge in [0.15, 0.2) is 5.92 Å². The molecule has 0 aliphatic carbocycles. The molecular formula is C8H13F3N2O. The van der Waals surface area contributed by atoms with Crippen molar-refractivity contribution < 1.29 is 17.9 Å². The van der Waals surface area contributed by atoms with Gasteiger partial charge in [-0.3, -0.25) is 0 Å². The molecule has 14 heavy (non-hydrogen) atoms. The Morgan fingerprint density at radius 1 is 1.50 bits per heavy atom. The maximum atomic E-state index is 12.0. The lowest BCUT2D eigenvalue weighted by atomic mass is 10.1. The molecule has 0 saturated heterocycles. The van der Waals surface area contributed by atoms with E-state index in [1.165, 1.54) is 6.07 Å². The maximum Gasteiger partial charge on any atom is 0.405 e. The van der Waals surface area contributed by atoms with Gasteiger partial charge in [0.2, 0.25) is 0 Å². The Bertz CT molecular complexity index is 188. The Morgan fingerprint density at radius 2 is 2.14 bits per heavy atom. The number of nitrogens with zero attached hydrogens (tertiary/aromatic N) is 1. The average Bonchev–Trinajstić information content (AvgIpc) is 2.09. The van der Waals surface area contributed by atoms with Gasteiger partial charge in [-0.25, -0.2) is 0 Å². The van der Waals surface area contributed by atoms with Crippen LogP contribution in [0.25, 0.3) is 0 Å². The zero-order valence-electron chi connectivity index (χ0n) is 7.90. The van der Waals surface area contributed by atoms with Crippen LogP contribution in [0.1, 0.15) is 6.92 Å². The predicted octanol–water partition coefficient (Wildman–Crippen LogP) is 1.31. The van der Waals surface area contributed by atoms with Crippen LogP contribution in [0.2, 0.25) is 0 Å². The highest BCUT2D eigenvalue weighted by molar-refractivity contribution is 4.89. The molecule has 82 valence electrons. The van der Waals surface area contributed by atoms with Crippen LogP contribution in [0.4, 0.5) is 13.2 Å². The van der Waals surface area contributed by atoms with Crippen molar-refractivity contribution in [1.29, 1.82) is 5.26 Å². The second-order valence-electron chi connectivity index (χ2n) is 2.62. The Hall–Kier alpha value is -0.800. The van der Waals surface area contributed by atoms with Gasteiger partial charge in [-0.1, -0.05) is 0 Å². The molecule has 0 amide bonds. The summed E-state index contributed by atoms with van der Waals surface area (Å²) in [4.78, 5) is 0. The van der Waals surface area contributed by atoms with Gasteiger partial charge in [-0.15, -0.1) is 0 Å². The summed E-state index contributed by atoms with van der Waals surface area (Å²) < 4.78 is 40.9. The van der Waals surface area contributed by atoms with Crippen LogP contribution in [0.15, 0.2) is 0 Å². The molecule has 0 aromatic heterocycles. The molecule has 0 spiro atoms. The van der Waals surface area contributed by atoms with Crippen molar-refractivity contribution in [2.45, 2.75) is 13.1 Å². The number of rotatable bonds is 6. The quantitative estimate of drug-likeness (QED) is 0.672. The molecule has 1 unspecified atom stereocenters. The fourth-order valence-corrected chi connectivity index (χ4v) is 0.770. The van der Waals surface area contributed by atoms with Crippen molar-refractivity contribution in [1.82, 2.24) is 5.32 Å². The Morgan fingerprint density at radius 3 is 2.57 bits per heavy atom. The molecule has 0 heterocycles. The summed E-state index contributed by atoms with van der Waals surface area (Å²) in [6.45, 7) is 2.62. The Balaban J connectivity index is 3.61. The standard InChI is InChI=1S/C8H13F3N2O/c1-2-14-4-3-13-6-7(5-12)8(9,10)11/h7,13H,2-4,6H2,1H3. The summed E-state index contributed by atoms with van der Waals surface area (Å²) in [6.07, 6.45) is -4.45. The van der Waals surface area contributed by atoms with Crippen molar-refractivity contribution in [2.24, 2.45) is 5.92 Å². The van der Waals surface area contributed by atoms with Gasteiger partial charge < -0.3 is 10.1 Å². The zero-order chi connectivity index (χ0) is 11.0. The first-order chi connectivity index (χ1) is 6.52. The van der Waals surface area contributed by atoms with E-state index in [0.717, 1.165) is 0 Å². The lowest BCUT2D eigenvalue weighted by molar-refractivity contribution is -0.157. The SMILES string of the molecule is CCOCCNCC(C#N)C(F)(F)F. The zero-order valence-corrected chi connectivity index (χ0v) is 7.90. The van der Waals surface area contributed by atoms with E-state index in [1.807, 2.05) is 0 Å². The van der Waals surface area contributed by atoms with Crippen LogP contribution < -0.4 is 5.32 Å². The summed E-state index contributed by atoms with van der Waals surface area (Å²) in [5, 5.41) is 10.7. The molecule has 0 aromatic carbocycles. The van der Waals surface area contributed by atoms with Crippen molar-refractivity contribution in [3.63, 3.8) is 0 Å². The van der Waals surface area contributed by atoms with Crippen LogP contribution >= 0.6 is 0 Å². The van der Waals surface area contributed by atoms with Crippen molar-refractivity contribution >= 4 is 0 Å². The van der Waals surface area contributed by atoms with Crippen LogP contribution in [-0.2, 0) is 4.74 Å². The van der Waals surface area contributed by atoms with Gasteiger partial charge in [0.05, 0.1) is 12.7 Å². The monoisotopic (exact) mass is 210 g/mol. The number of hydrogen-bond acceptors (Lipinski definition) is 3. The van der Waals surface area contributed by atoms with E-state index in [4.69, 9.17) is 10.00 Å². The van der Waals surface area contributed by atoms with Crippen LogP contribution in [-0.4, -0.2) is 32.5 Å². The van der Waals surface area contributed by atoms with E-state index < -0.39 is 12.1 Å². The van der Waals surface area contributed by atoms with Gasteiger partial charge in [-0.05, 0) is 6.92 Å². The summed E-state index contributed by atoms with van der Waals surface area (Å²) in [7, 11) is 0. The summed E-state index contributed by atoms with van der Waals surface area (Å²) in [5.41, 5.74) is 0. The fourth-order valence-electron chi connectivity index (χ4n) is 0.770. The molecule has 1 N–H and O–H groups in total. The minimum Gasteiger partial charge on any atom is -0.380 e. The summed E-state index contributed by atoms with van der Waals surface area (Å²) in [6, 6.07) is 1.20. The molecule has 6 heteroatoms. The predicted molar refractivity (Wildman–Crippen MR) is 44.5 cm³/mol. The summed E-state index contributed by atoms with van der Waals surface area (Å²) >= 11 is 0. The third-order valence-corrected chi connectivity index (χ3v) is 1.53. The van der Waals surface area contributed by atoms with Crippen LogP contribution in [0.5, 0.6) is 0 Å². The van der Waals surface area contributed by atoms with E-state index >= 15 is 0 Å². The molecule has 0 aromatic rings. The topological polar surface area (TPSA) is 45.0 Å². The molecule has 0 aliphatic heterocycles. The normalized spacial score (nSPS) is 13.6. The third-order valence-electron chi connectivity index (χ3n) is 1.53. The number of nitriles is 1. The van der Waals surface area contributed by atoms with Gasteiger partial charge in [0.25, 0.3) is 0 Å². The molecule has 0 fully saturated rings. The second-order valence-corrected chi connectivity index (χ2v) is 2.62. The lowest BCUT2D eigenvalue weighted by Gasteiger charge is -2.13. The second kappa shape index (κ2) is 6.62. The van der Waals surface area contributed by atoms with Crippen molar-refractivity contribution in [3.05, 3.63) is 0 Å².